The maximum atomic E-state index is 13.7. The van der Waals surface area contributed by atoms with E-state index in [1.165, 1.54) is 6.07 Å². The van der Waals surface area contributed by atoms with Crippen LogP contribution < -0.4 is 10.6 Å². The first-order valence-corrected chi connectivity index (χ1v) is 6.44. The maximum Gasteiger partial charge on any atom is 0.241 e. The molecular weight excluding hydrogens is 245 g/mol. The number of benzene rings is 1. The molecule has 0 bridgehead atoms. The standard InChI is InChI=1S/C14H20FN3O/c1-9-6-13(11(10(2)16)7-12(9)15)18-5-4-17(3)14(19)8-18/h6-7,10H,4-5,8,16H2,1-3H3/t10-/m0/s1. The minimum Gasteiger partial charge on any atom is -0.360 e. The highest BCUT2D eigenvalue weighted by Crippen LogP contribution is 2.29. The summed E-state index contributed by atoms with van der Waals surface area (Å²) >= 11 is 0. The van der Waals surface area contributed by atoms with Gasteiger partial charge < -0.3 is 15.5 Å². The van der Waals surface area contributed by atoms with E-state index in [0.717, 1.165) is 17.8 Å². The molecule has 2 rings (SSSR count). The van der Waals surface area contributed by atoms with E-state index in [1.807, 2.05) is 11.8 Å². The van der Waals surface area contributed by atoms with Crippen LogP contribution in [0.25, 0.3) is 0 Å². The maximum absolute atomic E-state index is 13.7. The number of hydrogen-bond acceptors (Lipinski definition) is 3. The average Bonchev–Trinajstić information content (AvgIpc) is 2.35. The normalized spacial score (nSPS) is 17.8. The van der Waals surface area contributed by atoms with Crippen molar-refractivity contribution in [2.75, 3.05) is 31.6 Å². The molecule has 1 aliphatic heterocycles. The second-order valence-electron chi connectivity index (χ2n) is 5.19. The molecule has 1 fully saturated rings. The van der Waals surface area contributed by atoms with E-state index >= 15 is 0 Å². The number of anilines is 1. The molecule has 4 nitrogen and oxygen atoms in total. The lowest BCUT2D eigenvalue weighted by atomic mass is 10.0. The summed E-state index contributed by atoms with van der Waals surface area (Å²) in [6.07, 6.45) is 0. The second kappa shape index (κ2) is 5.17. The summed E-state index contributed by atoms with van der Waals surface area (Å²) in [5, 5.41) is 0. The van der Waals surface area contributed by atoms with Crippen LogP contribution in [-0.4, -0.2) is 37.5 Å². The minimum absolute atomic E-state index is 0.0730. The molecule has 104 valence electrons. The number of nitrogens with two attached hydrogens (primary N) is 1. The van der Waals surface area contributed by atoms with Crippen molar-refractivity contribution in [3.8, 4) is 0 Å². The predicted octanol–water partition coefficient (Wildman–Crippen LogP) is 1.43. The number of carbonyl (C=O) groups is 1. The molecular formula is C14H20FN3O. The zero-order chi connectivity index (χ0) is 14.2. The van der Waals surface area contributed by atoms with Gasteiger partial charge >= 0.3 is 0 Å². The number of halogens is 1. The van der Waals surface area contributed by atoms with E-state index < -0.39 is 0 Å². The second-order valence-corrected chi connectivity index (χ2v) is 5.19. The summed E-state index contributed by atoms with van der Waals surface area (Å²) in [7, 11) is 1.79. The van der Waals surface area contributed by atoms with Crippen molar-refractivity contribution in [1.82, 2.24) is 4.90 Å². The Morgan fingerprint density at radius 1 is 1.37 bits per heavy atom. The van der Waals surface area contributed by atoms with Gasteiger partial charge in [0.15, 0.2) is 0 Å². The van der Waals surface area contributed by atoms with Crippen molar-refractivity contribution in [3.05, 3.63) is 29.1 Å². The highest BCUT2D eigenvalue weighted by atomic mass is 19.1. The Kier molecular flexibility index (Phi) is 3.75. The Morgan fingerprint density at radius 3 is 2.63 bits per heavy atom. The first-order chi connectivity index (χ1) is 8.90. The molecule has 2 N–H and O–H groups in total. The SMILES string of the molecule is Cc1cc(N2CCN(C)C(=O)C2)c([C@H](C)N)cc1F. The van der Waals surface area contributed by atoms with Gasteiger partial charge in [0.2, 0.25) is 5.91 Å². The van der Waals surface area contributed by atoms with Crippen molar-refractivity contribution >= 4 is 11.6 Å². The third kappa shape index (κ3) is 2.71. The number of likely N-dealkylation sites (N-methyl/N-ethyl adjacent to an activating group) is 1. The van der Waals surface area contributed by atoms with Gasteiger partial charge in [-0.3, -0.25) is 4.79 Å². The predicted molar refractivity (Wildman–Crippen MR) is 73.6 cm³/mol. The van der Waals surface area contributed by atoms with Crippen LogP contribution in [0, 0.1) is 12.7 Å². The zero-order valence-electron chi connectivity index (χ0n) is 11.6. The van der Waals surface area contributed by atoms with Gasteiger partial charge in [0, 0.05) is 31.9 Å². The molecule has 0 aliphatic carbocycles. The summed E-state index contributed by atoms with van der Waals surface area (Å²) in [5.74, 6) is -0.180. The van der Waals surface area contributed by atoms with Crippen LogP contribution >= 0.6 is 0 Å². The van der Waals surface area contributed by atoms with E-state index in [0.29, 0.717) is 18.7 Å². The molecule has 1 atom stereocenters. The lowest BCUT2D eigenvalue weighted by molar-refractivity contribution is -0.129. The third-order valence-electron chi connectivity index (χ3n) is 3.60. The largest absolute Gasteiger partial charge is 0.360 e. The van der Waals surface area contributed by atoms with Gasteiger partial charge in [0.25, 0.3) is 0 Å². The van der Waals surface area contributed by atoms with Crippen molar-refractivity contribution in [2.45, 2.75) is 19.9 Å². The van der Waals surface area contributed by atoms with Gasteiger partial charge in [-0.1, -0.05) is 0 Å². The van der Waals surface area contributed by atoms with Crippen LogP contribution in [-0.2, 0) is 4.79 Å². The molecule has 1 heterocycles. The van der Waals surface area contributed by atoms with E-state index in [1.54, 1.807) is 24.9 Å². The summed E-state index contributed by atoms with van der Waals surface area (Å²) in [6, 6.07) is 3.00. The van der Waals surface area contributed by atoms with Crippen molar-refractivity contribution in [2.24, 2.45) is 5.73 Å². The number of rotatable bonds is 2. The fourth-order valence-corrected chi connectivity index (χ4v) is 2.28. The number of aryl methyl sites for hydroxylation is 1. The Labute approximate surface area is 113 Å². The molecule has 0 aromatic heterocycles. The molecule has 0 radical (unpaired) electrons. The summed E-state index contributed by atoms with van der Waals surface area (Å²) in [6.45, 7) is 5.29. The highest BCUT2D eigenvalue weighted by molar-refractivity contribution is 5.83. The number of amides is 1. The smallest absolute Gasteiger partial charge is 0.241 e. The van der Waals surface area contributed by atoms with Crippen LogP contribution in [0.2, 0.25) is 0 Å². The first-order valence-electron chi connectivity index (χ1n) is 6.44. The third-order valence-corrected chi connectivity index (χ3v) is 3.60. The Morgan fingerprint density at radius 2 is 2.05 bits per heavy atom. The summed E-state index contributed by atoms with van der Waals surface area (Å²) < 4.78 is 13.7. The van der Waals surface area contributed by atoms with Crippen LogP contribution in [0.1, 0.15) is 24.1 Å². The summed E-state index contributed by atoms with van der Waals surface area (Å²) in [4.78, 5) is 15.5. The van der Waals surface area contributed by atoms with Crippen LogP contribution in [0.3, 0.4) is 0 Å². The Bertz CT molecular complexity index is 502. The van der Waals surface area contributed by atoms with Gasteiger partial charge in [-0.15, -0.1) is 0 Å². The van der Waals surface area contributed by atoms with Crippen LogP contribution in [0.15, 0.2) is 12.1 Å². The van der Waals surface area contributed by atoms with E-state index in [-0.39, 0.29) is 17.8 Å². The van der Waals surface area contributed by atoms with E-state index in [4.69, 9.17) is 5.73 Å². The molecule has 1 aromatic carbocycles. The Hall–Kier alpha value is -1.62. The molecule has 0 saturated carbocycles. The lowest BCUT2D eigenvalue weighted by Gasteiger charge is -2.35. The van der Waals surface area contributed by atoms with Gasteiger partial charge in [-0.25, -0.2) is 4.39 Å². The number of carbonyl (C=O) groups excluding carboxylic acids is 1. The molecule has 1 amide bonds. The summed E-state index contributed by atoms with van der Waals surface area (Å²) in [5.41, 5.74) is 8.11. The van der Waals surface area contributed by atoms with Crippen molar-refractivity contribution in [1.29, 1.82) is 0 Å². The van der Waals surface area contributed by atoms with Crippen molar-refractivity contribution in [3.63, 3.8) is 0 Å². The van der Waals surface area contributed by atoms with Gasteiger partial charge in [-0.05, 0) is 37.1 Å². The van der Waals surface area contributed by atoms with Crippen molar-refractivity contribution < 1.29 is 9.18 Å². The number of piperazine rings is 1. The van der Waals surface area contributed by atoms with Crippen LogP contribution in [0.5, 0.6) is 0 Å². The fourth-order valence-electron chi connectivity index (χ4n) is 2.28. The highest BCUT2D eigenvalue weighted by Gasteiger charge is 2.24. The minimum atomic E-state index is -0.264. The van der Waals surface area contributed by atoms with E-state index in [2.05, 4.69) is 0 Å². The molecule has 19 heavy (non-hydrogen) atoms. The molecule has 1 aliphatic rings. The molecule has 5 heteroatoms. The number of nitrogens with zero attached hydrogens (tertiary/aromatic N) is 2. The molecule has 0 spiro atoms. The number of hydrogen-bond donors (Lipinski definition) is 1. The average molecular weight is 265 g/mol. The van der Waals surface area contributed by atoms with Gasteiger partial charge in [0.05, 0.1) is 6.54 Å². The molecule has 1 saturated heterocycles. The fraction of sp³-hybridized carbons (Fsp3) is 0.500. The topological polar surface area (TPSA) is 49.6 Å². The quantitative estimate of drug-likeness (QED) is 0.880. The lowest BCUT2D eigenvalue weighted by Crippen LogP contribution is -2.49. The van der Waals surface area contributed by atoms with Crippen LogP contribution in [0.4, 0.5) is 10.1 Å². The monoisotopic (exact) mass is 265 g/mol. The molecule has 1 aromatic rings. The van der Waals surface area contributed by atoms with E-state index in [9.17, 15) is 9.18 Å². The molecule has 0 unspecified atom stereocenters. The Balaban J connectivity index is 2.38. The van der Waals surface area contributed by atoms with Gasteiger partial charge in [0.1, 0.15) is 5.82 Å². The first kappa shape index (κ1) is 13.8. The zero-order valence-corrected chi connectivity index (χ0v) is 11.6. The van der Waals surface area contributed by atoms with Gasteiger partial charge in [-0.2, -0.15) is 0 Å².